The van der Waals surface area contributed by atoms with E-state index >= 15 is 0 Å². The van der Waals surface area contributed by atoms with Gasteiger partial charge in [0.05, 0.1) is 6.21 Å². The number of carbonyl (C=O) groups excluding carboxylic acids is 1. The molecule has 0 spiro atoms. The zero-order valence-corrected chi connectivity index (χ0v) is 13.6. The number of amides is 1. The third-order valence-corrected chi connectivity index (χ3v) is 4.15. The van der Waals surface area contributed by atoms with Gasteiger partial charge in [0.1, 0.15) is 17.2 Å². The molecule has 1 aromatic heterocycles. The number of aromatic hydroxyl groups is 2. The fraction of sp³-hybridized carbons (Fsp3) is 0. The average Bonchev–Trinajstić information content (AvgIpc) is 3.07. The number of nitrogens with zero attached hydrogens (tertiary/aromatic N) is 1. The topological polar surface area (TPSA) is 97.7 Å². The first kappa shape index (κ1) is 15.7. The highest BCUT2D eigenvalue weighted by Gasteiger charge is 2.09. The highest BCUT2D eigenvalue weighted by molar-refractivity contribution is 6.03. The molecule has 0 unspecified atom stereocenters. The summed E-state index contributed by atoms with van der Waals surface area (Å²) < 4.78 is 0. The van der Waals surface area contributed by atoms with E-state index in [1.165, 1.54) is 6.21 Å². The number of phenolic OH excluding ortho intramolecular Hbond substituents is 2. The molecule has 0 atom stereocenters. The van der Waals surface area contributed by atoms with Gasteiger partial charge in [0.25, 0.3) is 5.91 Å². The van der Waals surface area contributed by atoms with E-state index in [1.54, 1.807) is 36.4 Å². The number of hydrazone groups is 1. The zero-order valence-electron chi connectivity index (χ0n) is 13.6. The minimum atomic E-state index is -0.389. The van der Waals surface area contributed by atoms with Crippen LogP contribution in [0.5, 0.6) is 11.5 Å². The minimum Gasteiger partial charge on any atom is -0.508 e. The number of H-pyrrole nitrogens is 1. The van der Waals surface area contributed by atoms with Crippen LogP contribution in [0.4, 0.5) is 0 Å². The Morgan fingerprint density at radius 1 is 1.00 bits per heavy atom. The Labute approximate surface area is 148 Å². The van der Waals surface area contributed by atoms with E-state index in [-0.39, 0.29) is 17.4 Å². The maximum Gasteiger partial charge on any atom is 0.287 e. The van der Waals surface area contributed by atoms with Crippen LogP contribution in [-0.4, -0.2) is 27.3 Å². The summed E-state index contributed by atoms with van der Waals surface area (Å²) in [6.07, 6.45) is 1.54. The van der Waals surface area contributed by atoms with Crippen molar-refractivity contribution >= 4 is 33.8 Å². The van der Waals surface area contributed by atoms with E-state index in [4.69, 9.17) is 0 Å². The predicted octanol–water partition coefficient (Wildman–Crippen LogP) is 3.50. The van der Waals surface area contributed by atoms with Crippen LogP contribution >= 0.6 is 0 Å². The van der Waals surface area contributed by atoms with Gasteiger partial charge < -0.3 is 15.2 Å². The molecule has 0 aliphatic carbocycles. The van der Waals surface area contributed by atoms with Crippen molar-refractivity contribution in [1.29, 1.82) is 0 Å². The van der Waals surface area contributed by atoms with Crippen LogP contribution in [0.1, 0.15) is 16.1 Å². The van der Waals surface area contributed by atoms with Gasteiger partial charge in [-0.25, -0.2) is 5.43 Å². The number of fused-ring (bicyclic) bond motifs is 2. The second-order valence-electron chi connectivity index (χ2n) is 5.87. The van der Waals surface area contributed by atoms with Crippen LogP contribution in [0, 0.1) is 0 Å². The first-order chi connectivity index (χ1) is 12.6. The smallest absolute Gasteiger partial charge is 0.287 e. The lowest BCUT2D eigenvalue weighted by molar-refractivity contribution is 0.0951. The van der Waals surface area contributed by atoms with Gasteiger partial charge in [-0.05, 0) is 41.8 Å². The Bertz CT molecular complexity index is 1160. The number of rotatable bonds is 3. The number of phenols is 2. The summed E-state index contributed by atoms with van der Waals surface area (Å²) in [7, 11) is 0. The van der Waals surface area contributed by atoms with Gasteiger partial charge in [0.15, 0.2) is 0 Å². The predicted molar refractivity (Wildman–Crippen MR) is 101 cm³/mol. The quantitative estimate of drug-likeness (QED) is 0.338. The van der Waals surface area contributed by atoms with Crippen LogP contribution in [-0.2, 0) is 0 Å². The fourth-order valence-electron chi connectivity index (χ4n) is 2.88. The molecule has 128 valence electrons. The Kier molecular flexibility index (Phi) is 3.78. The molecular formula is C20H15N3O3. The number of benzene rings is 3. The van der Waals surface area contributed by atoms with Crippen LogP contribution in [0.25, 0.3) is 21.7 Å². The van der Waals surface area contributed by atoms with Crippen molar-refractivity contribution in [2.45, 2.75) is 0 Å². The minimum absolute atomic E-state index is 0.140. The molecule has 0 aliphatic rings. The number of nitrogens with one attached hydrogen (secondary N) is 2. The van der Waals surface area contributed by atoms with Crippen molar-refractivity contribution in [3.05, 3.63) is 71.9 Å². The summed E-state index contributed by atoms with van der Waals surface area (Å²) in [5, 5.41) is 25.7. The van der Waals surface area contributed by atoms with Gasteiger partial charge in [-0.15, -0.1) is 0 Å². The number of hydrogen-bond acceptors (Lipinski definition) is 4. The Morgan fingerprint density at radius 3 is 2.65 bits per heavy atom. The van der Waals surface area contributed by atoms with Crippen molar-refractivity contribution in [2.75, 3.05) is 0 Å². The number of hydrogen-bond donors (Lipinski definition) is 4. The second-order valence-corrected chi connectivity index (χ2v) is 5.87. The van der Waals surface area contributed by atoms with Gasteiger partial charge in [-0.2, -0.15) is 5.10 Å². The van der Waals surface area contributed by atoms with Crippen molar-refractivity contribution in [1.82, 2.24) is 10.4 Å². The van der Waals surface area contributed by atoms with Gasteiger partial charge in [0, 0.05) is 21.9 Å². The lowest BCUT2D eigenvalue weighted by atomic mass is 10.0. The lowest BCUT2D eigenvalue weighted by Gasteiger charge is -2.04. The summed E-state index contributed by atoms with van der Waals surface area (Å²) in [6.45, 7) is 0. The van der Waals surface area contributed by atoms with E-state index in [2.05, 4.69) is 15.5 Å². The molecule has 4 aromatic rings. The summed E-state index contributed by atoms with van der Waals surface area (Å²) >= 11 is 0. The number of carbonyl (C=O) groups is 1. The average molecular weight is 345 g/mol. The lowest BCUT2D eigenvalue weighted by Crippen LogP contribution is -2.17. The summed E-state index contributed by atoms with van der Waals surface area (Å²) in [6, 6.07) is 17.2. The molecule has 1 heterocycles. The molecular weight excluding hydrogens is 330 g/mol. The first-order valence-electron chi connectivity index (χ1n) is 7.98. The highest BCUT2D eigenvalue weighted by Crippen LogP contribution is 2.26. The van der Waals surface area contributed by atoms with Gasteiger partial charge in [-0.3, -0.25) is 4.79 Å². The SMILES string of the molecule is O=C(N/N=C/c1ccc(O)c2ccccc12)c1cc2cc(O)ccc2[nH]1. The van der Waals surface area contributed by atoms with Gasteiger partial charge in [-0.1, -0.05) is 24.3 Å². The molecule has 0 fully saturated rings. The normalized spacial score (nSPS) is 11.4. The Balaban J connectivity index is 1.56. The fourth-order valence-corrected chi connectivity index (χ4v) is 2.88. The molecule has 0 saturated carbocycles. The molecule has 6 heteroatoms. The summed E-state index contributed by atoms with van der Waals surface area (Å²) in [5.41, 5.74) is 4.35. The molecule has 1 amide bonds. The van der Waals surface area contributed by atoms with Crippen molar-refractivity contribution in [3.8, 4) is 11.5 Å². The zero-order chi connectivity index (χ0) is 18.1. The van der Waals surface area contributed by atoms with Crippen molar-refractivity contribution in [3.63, 3.8) is 0 Å². The largest absolute Gasteiger partial charge is 0.508 e. The Morgan fingerprint density at radius 2 is 1.81 bits per heavy atom. The van der Waals surface area contributed by atoms with Gasteiger partial charge in [0.2, 0.25) is 0 Å². The third kappa shape index (κ3) is 2.84. The van der Waals surface area contributed by atoms with E-state index in [0.29, 0.717) is 5.69 Å². The standard InChI is InChI=1S/C20H15N3O3/c24-14-6-7-17-13(9-14)10-18(22-17)20(26)23-21-11-12-5-8-19(25)16-4-2-1-3-15(12)16/h1-11,22,24-25H,(H,23,26)/b21-11+. The van der Waals surface area contributed by atoms with Crippen LogP contribution in [0.15, 0.2) is 65.8 Å². The summed E-state index contributed by atoms with van der Waals surface area (Å²) in [5.74, 6) is -0.0520. The van der Waals surface area contributed by atoms with Gasteiger partial charge >= 0.3 is 0 Å². The van der Waals surface area contributed by atoms with Crippen molar-refractivity contribution in [2.24, 2.45) is 5.10 Å². The monoisotopic (exact) mass is 345 g/mol. The van der Waals surface area contributed by atoms with Crippen LogP contribution in [0.3, 0.4) is 0 Å². The molecule has 0 saturated heterocycles. The molecule has 6 nitrogen and oxygen atoms in total. The third-order valence-electron chi connectivity index (χ3n) is 4.15. The number of aromatic nitrogens is 1. The van der Waals surface area contributed by atoms with E-state index in [1.807, 2.05) is 24.3 Å². The highest BCUT2D eigenvalue weighted by atomic mass is 16.3. The molecule has 4 N–H and O–H groups in total. The van der Waals surface area contributed by atoms with E-state index in [9.17, 15) is 15.0 Å². The molecule has 0 aliphatic heterocycles. The number of aromatic amines is 1. The molecule has 0 radical (unpaired) electrons. The molecule has 0 bridgehead atoms. The maximum atomic E-state index is 12.2. The van der Waals surface area contributed by atoms with Crippen molar-refractivity contribution < 1.29 is 15.0 Å². The van der Waals surface area contributed by atoms with E-state index in [0.717, 1.165) is 27.2 Å². The van der Waals surface area contributed by atoms with Crippen LogP contribution in [0.2, 0.25) is 0 Å². The van der Waals surface area contributed by atoms with E-state index < -0.39 is 0 Å². The Hall–Kier alpha value is -3.80. The molecule has 4 rings (SSSR count). The van der Waals surface area contributed by atoms with Crippen LogP contribution < -0.4 is 5.43 Å². The second kappa shape index (κ2) is 6.25. The summed E-state index contributed by atoms with van der Waals surface area (Å²) in [4.78, 5) is 15.2. The first-order valence-corrected chi connectivity index (χ1v) is 7.98. The maximum absolute atomic E-state index is 12.2. The molecule has 3 aromatic carbocycles. The molecule has 26 heavy (non-hydrogen) atoms.